The number of hydrogen-bond acceptors (Lipinski definition) is 3. The van der Waals surface area contributed by atoms with Crippen molar-refractivity contribution in [1.29, 1.82) is 0 Å². The zero-order valence-corrected chi connectivity index (χ0v) is 15.4. The van der Waals surface area contributed by atoms with E-state index in [1.165, 1.54) is 5.56 Å². The normalized spacial score (nSPS) is 24.6. The number of piperidine rings is 1. The number of likely N-dealkylation sites (tertiary alicyclic amines) is 1. The fourth-order valence-electron chi connectivity index (χ4n) is 4.44. The van der Waals surface area contributed by atoms with E-state index in [0.717, 1.165) is 57.3 Å². The van der Waals surface area contributed by atoms with Crippen molar-refractivity contribution in [2.75, 3.05) is 20.1 Å². The summed E-state index contributed by atoms with van der Waals surface area (Å²) in [7, 11) is 2.16. The summed E-state index contributed by atoms with van der Waals surface area (Å²) >= 11 is 0. The van der Waals surface area contributed by atoms with Crippen LogP contribution in [0.15, 0.2) is 18.3 Å². The lowest BCUT2D eigenvalue weighted by Crippen LogP contribution is -2.51. The van der Waals surface area contributed by atoms with Crippen LogP contribution in [0.3, 0.4) is 0 Å². The number of pyridine rings is 1. The van der Waals surface area contributed by atoms with Gasteiger partial charge >= 0.3 is 0 Å². The average molecular weight is 339 g/mol. The lowest BCUT2D eigenvalue weighted by Gasteiger charge is -2.46. The number of carbonyl (C=O) groups is 1. The molecule has 0 radical (unpaired) electrons. The SMILES string of the molecule is C#CC(=O)N1[C@@H](CCCC)Cc2cccnc2[C@@H]1C1CCN(C)CC1. The van der Waals surface area contributed by atoms with Gasteiger partial charge in [0.2, 0.25) is 0 Å². The standard InChI is InChI=1S/C21H29N3O/c1-4-6-9-18-15-17-8-7-12-22-20(17)21(24(18)19(25)5-2)16-10-13-23(3)14-11-16/h2,7-8,12,16,18,21H,4,6,9-11,13-15H2,1,3H3/t18-,21-/m0/s1. The van der Waals surface area contributed by atoms with Crippen LogP contribution in [0.4, 0.5) is 0 Å². The Balaban J connectivity index is 1.98. The van der Waals surface area contributed by atoms with Crippen molar-refractivity contribution in [3.63, 3.8) is 0 Å². The third-order valence-electron chi connectivity index (χ3n) is 5.81. The number of amides is 1. The molecule has 1 fully saturated rings. The van der Waals surface area contributed by atoms with E-state index in [2.05, 4.69) is 30.9 Å². The summed E-state index contributed by atoms with van der Waals surface area (Å²) in [6.07, 6.45) is 13.7. The molecule has 0 bridgehead atoms. The number of terminal acetylenes is 1. The van der Waals surface area contributed by atoms with Crippen LogP contribution in [0.2, 0.25) is 0 Å². The lowest BCUT2D eigenvalue weighted by atomic mass is 9.79. The molecule has 2 atom stereocenters. The first-order valence-electron chi connectivity index (χ1n) is 9.57. The number of hydrogen-bond donors (Lipinski definition) is 0. The smallest absolute Gasteiger partial charge is 0.299 e. The van der Waals surface area contributed by atoms with Crippen LogP contribution in [-0.2, 0) is 11.2 Å². The van der Waals surface area contributed by atoms with Gasteiger partial charge in [-0.1, -0.05) is 25.8 Å². The molecule has 2 aliphatic heterocycles. The molecule has 0 unspecified atom stereocenters. The highest BCUT2D eigenvalue weighted by molar-refractivity contribution is 5.93. The van der Waals surface area contributed by atoms with Gasteiger partial charge in [0.25, 0.3) is 5.91 Å². The summed E-state index contributed by atoms with van der Waals surface area (Å²) in [5.41, 5.74) is 2.38. The molecule has 3 rings (SSSR count). The van der Waals surface area contributed by atoms with Crippen LogP contribution in [0.25, 0.3) is 0 Å². The number of rotatable bonds is 4. The first kappa shape index (κ1) is 17.9. The van der Waals surface area contributed by atoms with Crippen molar-refractivity contribution in [3.05, 3.63) is 29.6 Å². The first-order chi connectivity index (χ1) is 12.2. The van der Waals surface area contributed by atoms with Gasteiger partial charge < -0.3 is 9.80 Å². The van der Waals surface area contributed by atoms with Gasteiger partial charge in [0.1, 0.15) is 0 Å². The van der Waals surface area contributed by atoms with Crippen molar-refractivity contribution in [2.24, 2.45) is 5.92 Å². The Morgan fingerprint density at radius 1 is 1.40 bits per heavy atom. The number of unbranched alkanes of at least 4 members (excludes halogenated alkanes) is 1. The van der Waals surface area contributed by atoms with Crippen molar-refractivity contribution in [2.45, 2.75) is 57.5 Å². The van der Waals surface area contributed by atoms with Gasteiger partial charge in [-0.3, -0.25) is 9.78 Å². The van der Waals surface area contributed by atoms with E-state index < -0.39 is 0 Å². The maximum absolute atomic E-state index is 12.7. The van der Waals surface area contributed by atoms with E-state index in [1.54, 1.807) is 0 Å². The minimum absolute atomic E-state index is 0.0315. The maximum atomic E-state index is 12.7. The van der Waals surface area contributed by atoms with Crippen molar-refractivity contribution in [3.8, 4) is 12.3 Å². The summed E-state index contributed by atoms with van der Waals surface area (Å²) < 4.78 is 0. The topological polar surface area (TPSA) is 36.4 Å². The minimum Gasteiger partial charge on any atom is -0.320 e. The molecule has 0 aliphatic carbocycles. The van der Waals surface area contributed by atoms with Gasteiger partial charge in [-0.25, -0.2) is 0 Å². The van der Waals surface area contributed by atoms with Crippen LogP contribution < -0.4 is 0 Å². The highest BCUT2D eigenvalue weighted by atomic mass is 16.2. The predicted octanol–water partition coefficient (Wildman–Crippen LogP) is 3.04. The van der Waals surface area contributed by atoms with Crippen LogP contribution >= 0.6 is 0 Å². The highest BCUT2D eigenvalue weighted by Crippen LogP contribution is 2.41. The molecule has 1 saturated heterocycles. The van der Waals surface area contributed by atoms with Crippen LogP contribution in [0, 0.1) is 18.3 Å². The second-order valence-corrected chi connectivity index (χ2v) is 7.49. The quantitative estimate of drug-likeness (QED) is 0.791. The van der Waals surface area contributed by atoms with Gasteiger partial charge in [-0.2, -0.15) is 0 Å². The van der Waals surface area contributed by atoms with Crippen molar-refractivity contribution < 1.29 is 4.79 Å². The van der Waals surface area contributed by atoms with E-state index in [-0.39, 0.29) is 18.0 Å². The van der Waals surface area contributed by atoms with Gasteiger partial charge in [-0.15, -0.1) is 6.42 Å². The number of aromatic nitrogens is 1. The predicted molar refractivity (Wildman–Crippen MR) is 99.9 cm³/mol. The van der Waals surface area contributed by atoms with E-state index in [4.69, 9.17) is 11.4 Å². The van der Waals surface area contributed by atoms with Crippen molar-refractivity contribution in [1.82, 2.24) is 14.8 Å². The second kappa shape index (κ2) is 8.01. The number of nitrogens with zero attached hydrogens (tertiary/aromatic N) is 3. The van der Waals surface area contributed by atoms with Gasteiger partial charge in [0.15, 0.2) is 0 Å². The number of fused-ring (bicyclic) bond motifs is 1. The zero-order chi connectivity index (χ0) is 17.8. The molecule has 1 aromatic rings. The van der Waals surface area contributed by atoms with Crippen molar-refractivity contribution >= 4 is 5.91 Å². The second-order valence-electron chi connectivity index (χ2n) is 7.49. The Bertz CT molecular complexity index is 643. The van der Waals surface area contributed by atoms with Crippen LogP contribution in [-0.4, -0.2) is 46.9 Å². The Morgan fingerprint density at radius 2 is 2.16 bits per heavy atom. The molecule has 134 valence electrons. The fourth-order valence-corrected chi connectivity index (χ4v) is 4.44. The molecular weight excluding hydrogens is 310 g/mol. The monoisotopic (exact) mass is 339 g/mol. The molecule has 1 amide bonds. The minimum atomic E-state index is -0.165. The maximum Gasteiger partial charge on any atom is 0.299 e. The molecule has 0 N–H and O–H groups in total. The largest absolute Gasteiger partial charge is 0.320 e. The third kappa shape index (κ3) is 3.72. The van der Waals surface area contributed by atoms with E-state index >= 15 is 0 Å². The Labute approximate surface area is 151 Å². The summed E-state index contributed by atoms with van der Waals surface area (Å²) in [5.74, 6) is 2.67. The Morgan fingerprint density at radius 3 is 2.84 bits per heavy atom. The third-order valence-corrected chi connectivity index (χ3v) is 5.81. The van der Waals surface area contributed by atoms with Gasteiger partial charge in [-0.05, 0) is 69.3 Å². The van der Waals surface area contributed by atoms with Gasteiger partial charge in [0, 0.05) is 12.2 Å². The summed E-state index contributed by atoms with van der Waals surface area (Å²) in [6, 6.07) is 4.43. The first-order valence-corrected chi connectivity index (χ1v) is 9.57. The average Bonchev–Trinajstić information content (AvgIpc) is 2.65. The Hall–Kier alpha value is -1.86. The molecule has 0 aromatic carbocycles. The lowest BCUT2D eigenvalue weighted by molar-refractivity contribution is -0.133. The number of carbonyl (C=O) groups excluding carboxylic acids is 1. The molecule has 2 aliphatic rings. The van der Waals surface area contributed by atoms with E-state index in [9.17, 15) is 4.79 Å². The summed E-state index contributed by atoms with van der Waals surface area (Å²) in [4.78, 5) is 21.8. The van der Waals surface area contributed by atoms with Crippen LogP contribution in [0.5, 0.6) is 0 Å². The van der Waals surface area contributed by atoms with E-state index in [0.29, 0.717) is 5.92 Å². The van der Waals surface area contributed by atoms with Crippen LogP contribution in [0.1, 0.15) is 56.3 Å². The van der Waals surface area contributed by atoms with E-state index in [1.807, 2.05) is 17.2 Å². The van der Waals surface area contributed by atoms with Gasteiger partial charge in [0.05, 0.1) is 11.7 Å². The highest BCUT2D eigenvalue weighted by Gasteiger charge is 2.42. The molecule has 1 aromatic heterocycles. The molecule has 0 spiro atoms. The summed E-state index contributed by atoms with van der Waals surface area (Å²) in [6.45, 7) is 4.34. The fraction of sp³-hybridized carbons (Fsp3) is 0.619. The molecule has 3 heterocycles. The molecular formula is C21H29N3O. The molecule has 4 nitrogen and oxygen atoms in total. The Kier molecular flexibility index (Phi) is 5.75. The molecule has 0 saturated carbocycles. The zero-order valence-electron chi connectivity index (χ0n) is 15.4. The molecule has 4 heteroatoms. The molecule has 25 heavy (non-hydrogen) atoms. The summed E-state index contributed by atoms with van der Waals surface area (Å²) in [5, 5.41) is 0.